The number of ketones is 1. The minimum absolute atomic E-state index is 0.0308. The molecule has 1 heterocycles. The molecule has 128 valence electrons. The molecular weight excluding hydrogens is 348 g/mol. The third-order valence-electron chi connectivity index (χ3n) is 3.50. The second-order valence-electron chi connectivity index (χ2n) is 5.31. The van der Waals surface area contributed by atoms with E-state index in [1.54, 1.807) is 37.3 Å². The average molecular weight is 366 g/mol. The second-order valence-corrected chi connectivity index (χ2v) is 7.99. The van der Waals surface area contributed by atoms with Gasteiger partial charge >= 0.3 is 0 Å². The molecule has 0 saturated heterocycles. The molecule has 1 aromatic heterocycles. The number of primary sulfonamides is 1. The number of carbonyl (C=O) groups excluding carboxylic acids is 2. The molecular formula is C16H18N2O4S2. The van der Waals surface area contributed by atoms with Crippen LogP contribution in [-0.2, 0) is 14.8 Å². The van der Waals surface area contributed by atoms with Crippen molar-refractivity contribution in [2.24, 2.45) is 5.14 Å². The van der Waals surface area contributed by atoms with E-state index < -0.39 is 15.9 Å². The fourth-order valence-corrected chi connectivity index (χ4v) is 3.17. The molecule has 1 atom stereocenters. The second kappa shape index (κ2) is 7.69. The molecule has 0 bridgehead atoms. The molecule has 24 heavy (non-hydrogen) atoms. The van der Waals surface area contributed by atoms with Crippen molar-refractivity contribution in [3.05, 3.63) is 57.8 Å². The molecule has 0 radical (unpaired) electrons. The highest BCUT2D eigenvalue weighted by atomic mass is 32.2. The summed E-state index contributed by atoms with van der Waals surface area (Å²) in [4.78, 5) is 24.9. The third kappa shape index (κ3) is 4.98. The zero-order valence-electron chi connectivity index (χ0n) is 13.1. The Balaban J connectivity index is 1.99. The van der Waals surface area contributed by atoms with E-state index in [-0.39, 0.29) is 24.0 Å². The van der Waals surface area contributed by atoms with Crippen LogP contribution in [0.4, 0.5) is 0 Å². The quantitative estimate of drug-likeness (QED) is 0.724. The zero-order valence-corrected chi connectivity index (χ0v) is 14.7. The number of amides is 1. The molecule has 8 heteroatoms. The van der Waals surface area contributed by atoms with Gasteiger partial charge in [-0.3, -0.25) is 9.59 Å². The first-order chi connectivity index (χ1) is 11.3. The van der Waals surface area contributed by atoms with Crippen LogP contribution in [0.15, 0.2) is 41.8 Å². The van der Waals surface area contributed by atoms with Crippen molar-refractivity contribution in [3.8, 4) is 0 Å². The Hall–Kier alpha value is -2.03. The van der Waals surface area contributed by atoms with Gasteiger partial charge in [-0.1, -0.05) is 30.3 Å². The van der Waals surface area contributed by atoms with Gasteiger partial charge in [0.15, 0.2) is 0 Å². The van der Waals surface area contributed by atoms with Crippen molar-refractivity contribution in [1.29, 1.82) is 0 Å². The van der Waals surface area contributed by atoms with Crippen LogP contribution in [0.3, 0.4) is 0 Å². The maximum atomic E-state index is 12.2. The minimum atomic E-state index is -3.60. The Labute approximate surface area is 144 Å². The summed E-state index contributed by atoms with van der Waals surface area (Å²) in [5.74, 6) is -1.12. The maximum absolute atomic E-state index is 12.2. The van der Waals surface area contributed by atoms with Crippen molar-refractivity contribution >= 4 is 33.1 Å². The highest BCUT2D eigenvalue weighted by molar-refractivity contribution is 7.89. The summed E-state index contributed by atoms with van der Waals surface area (Å²) in [5, 5.41) is 9.26. The van der Waals surface area contributed by atoms with E-state index >= 15 is 0 Å². The Morgan fingerprint density at radius 3 is 2.42 bits per heavy atom. The van der Waals surface area contributed by atoms with E-state index in [2.05, 4.69) is 5.32 Å². The summed E-state index contributed by atoms with van der Waals surface area (Å²) in [5.41, 5.74) is 1.30. The SMILES string of the molecule is CC(C(=O)NCCS(N)(=O)=O)c1ccc(C(=O)c2cccs2)cc1. The van der Waals surface area contributed by atoms with Crippen molar-refractivity contribution in [3.63, 3.8) is 0 Å². The molecule has 2 aromatic rings. The summed E-state index contributed by atoms with van der Waals surface area (Å²) in [6.07, 6.45) is 0. The van der Waals surface area contributed by atoms with E-state index in [1.165, 1.54) is 11.3 Å². The number of nitrogens with two attached hydrogens (primary N) is 1. The van der Waals surface area contributed by atoms with E-state index in [9.17, 15) is 18.0 Å². The molecule has 1 amide bonds. The fourth-order valence-electron chi connectivity index (χ4n) is 2.09. The Morgan fingerprint density at radius 2 is 1.88 bits per heavy atom. The van der Waals surface area contributed by atoms with Gasteiger partial charge in [0.25, 0.3) is 0 Å². The Bertz CT molecular complexity index is 812. The Kier molecular flexibility index (Phi) is 5.87. The van der Waals surface area contributed by atoms with Gasteiger partial charge < -0.3 is 5.32 Å². The van der Waals surface area contributed by atoms with Crippen molar-refractivity contribution in [2.75, 3.05) is 12.3 Å². The standard InChI is InChI=1S/C16H18N2O4S2/c1-11(16(20)18-8-10-24(17,21)22)12-4-6-13(7-5-12)15(19)14-3-2-9-23-14/h2-7,9,11H,8,10H2,1H3,(H,18,20)(H2,17,21,22). The molecule has 0 aliphatic rings. The average Bonchev–Trinajstić information content (AvgIpc) is 3.06. The molecule has 0 aliphatic carbocycles. The molecule has 0 saturated carbocycles. The number of carbonyl (C=O) groups is 2. The fraction of sp³-hybridized carbons (Fsp3) is 0.250. The van der Waals surface area contributed by atoms with Gasteiger partial charge in [-0.25, -0.2) is 13.6 Å². The lowest BCUT2D eigenvalue weighted by Crippen LogP contribution is -2.33. The van der Waals surface area contributed by atoms with Gasteiger partial charge in [0.2, 0.25) is 21.7 Å². The normalized spacial score (nSPS) is 12.6. The van der Waals surface area contributed by atoms with Crippen LogP contribution >= 0.6 is 11.3 Å². The third-order valence-corrected chi connectivity index (χ3v) is 5.14. The van der Waals surface area contributed by atoms with Crippen LogP contribution in [0.1, 0.15) is 33.6 Å². The number of rotatable bonds is 7. The van der Waals surface area contributed by atoms with E-state index in [0.717, 1.165) is 5.56 Å². The molecule has 2 rings (SSSR count). The van der Waals surface area contributed by atoms with Gasteiger partial charge in [-0.15, -0.1) is 11.3 Å². The summed E-state index contributed by atoms with van der Waals surface area (Å²) >= 11 is 1.38. The number of benzene rings is 1. The van der Waals surface area contributed by atoms with Crippen LogP contribution in [0.25, 0.3) is 0 Å². The molecule has 1 aromatic carbocycles. The first-order valence-electron chi connectivity index (χ1n) is 7.24. The lowest BCUT2D eigenvalue weighted by atomic mass is 9.98. The van der Waals surface area contributed by atoms with E-state index in [0.29, 0.717) is 10.4 Å². The summed E-state index contributed by atoms with van der Waals surface area (Å²) in [7, 11) is -3.60. The van der Waals surface area contributed by atoms with Crippen LogP contribution in [0.2, 0.25) is 0 Å². The highest BCUT2D eigenvalue weighted by Gasteiger charge is 2.17. The van der Waals surface area contributed by atoms with Crippen molar-refractivity contribution in [2.45, 2.75) is 12.8 Å². The predicted octanol–water partition coefficient (Wildman–Crippen LogP) is 1.49. The van der Waals surface area contributed by atoms with Crippen LogP contribution in [-0.4, -0.2) is 32.4 Å². The highest BCUT2D eigenvalue weighted by Crippen LogP contribution is 2.19. The van der Waals surface area contributed by atoms with Crippen LogP contribution in [0.5, 0.6) is 0 Å². The van der Waals surface area contributed by atoms with Crippen LogP contribution < -0.4 is 10.5 Å². The van der Waals surface area contributed by atoms with Gasteiger partial charge in [0.1, 0.15) is 0 Å². The molecule has 0 spiro atoms. The number of thiophene rings is 1. The van der Waals surface area contributed by atoms with Crippen LogP contribution in [0, 0.1) is 0 Å². The first-order valence-corrected chi connectivity index (χ1v) is 9.84. The molecule has 0 aliphatic heterocycles. The van der Waals surface area contributed by atoms with Gasteiger partial charge in [0, 0.05) is 12.1 Å². The Morgan fingerprint density at radius 1 is 1.21 bits per heavy atom. The number of hydrogen-bond acceptors (Lipinski definition) is 5. The summed E-state index contributed by atoms with van der Waals surface area (Å²) < 4.78 is 21.7. The van der Waals surface area contributed by atoms with E-state index in [4.69, 9.17) is 5.14 Å². The number of nitrogens with one attached hydrogen (secondary N) is 1. The van der Waals surface area contributed by atoms with Crippen molar-refractivity contribution < 1.29 is 18.0 Å². The molecule has 3 N–H and O–H groups in total. The minimum Gasteiger partial charge on any atom is -0.355 e. The topological polar surface area (TPSA) is 106 Å². The maximum Gasteiger partial charge on any atom is 0.227 e. The zero-order chi connectivity index (χ0) is 17.7. The van der Waals surface area contributed by atoms with Crippen molar-refractivity contribution in [1.82, 2.24) is 5.32 Å². The summed E-state index contributed by atoms with van der Waals surface area (Å²) in [6, 6.07) is 10.4. The molecule has 0 fully saturated rings. The molecule has 1 unspecified atom stereocenters. The monoisotopic (exact) mass is 366 g/mol. The molecule has 6 nitrogen and oxygen atoms in total. The number of sulfonamides is 1. The van der Waals surface area contributed by atoms with Gasteiger partial charge in [0.05, 0.1) is 16.5 Å². The lowest BCUT2D eigenvalue weighted by molar-refractivity contribution is -0.122. The number of hydrogen-bond donors (Lipinski definition) is 2. The lowest BCUT2D eigenvalue weighted by Gasteiger charge is -2.12. The largest absolute Gasteiger partial charge is 0.355 e. The summed E-state index contributed by atoms with van der Waals surface area (Å²) in [6.45, 7) is 1.68. The van der Waals surface area contributed by atoms with Gasteiger partial charge in [-0.2, -0.15) is 0 Å². The van der Waals surface area contributed by atoms with E-state index in [1.807, 2.05) is 11.4 Å². The predicted molar refractivity (Wildman–Crippen MR) is 93.6 cm³/mol. The first kappa shape index (κ1) is 18.3. The van der Waals surface area contributed by atoms with Gasteiger partial charge in [-0.05, 0) is 23.9 Å². The smallest absolute Gasteiger partial charge is 0.227 e.